The lowest BCUT2D eigenvalue weighted by molar-refractivity contribution is -0.214. The van der Waals surface area contributed by atoms with Crippen LogP contribution in [0.1, 0.15) is 37.5 Å². The maximum absolute atomic E-state index is 13.3. The lowest BCUT2D eigenvalue weighted by Gasteiger charge is -2.37. The maximum Gasteiger partial charge on any atom is 0.183 e. The summed E-state index contributed by atoms with van der Waals surface area (Å²) < 4.78 is 37.7. The van der Waals surface area contributed by atoms with Gasteiger partial charge in [-0.15, -0.1) is 6.58 Å². The molecule has 1 aliphatic heterocycles. The zero-order valence-corrected chi connectivity index (χ0v) is 12.6. The molecule has 0 aromatic heterocycles. The molecule has 120 valence electrons. The van der Waals surface area contributed by atoms with Crippen LogP contribution in [0.15, 0.2) is 30.9 Å². The summed E-state index contributed by atoms with van der Waals surface area (Å²) in [5, 5.41) is 0. The van der Waals surface area contributed by atoms with Gasteiger partial charge < -0.3 is 9.47 Å². The van der Waals surface area contributed by atoms with Crippen molar-refractivity contribution in [3.8, 4) is 0 Å². The molecule has 1 aromatic rings. The van der Waals surface area contributed by atoms with E-state index < -0.39 is 17.9 Å². The van der Waals surface area contributed by atoms with Gasteiger partial charge in [-0.05, 0) is 49.7 Å². The van der Waals surface area contributed by atoms with E-state index in [-0.39, 0.29) is 0 Å². The average molecular weight is 308 g/mol. The topological polar surface area (TPSA) is 18.5 Å². The molecule has 2 aliphatic rings. The van der Waals surface area contributed by atoms with Crippen molar-refractivity contribution < 1.29 is 18.3 Å². The summed E-state index contributed by atoms with van der Waals surface area (Å²) in [5.41, 5.74) is 0.535. The fourth-order valence-electron chi connectivity index (χ4n) is 3.49. The predicted octanol–water partition coefficient (Wildman–Crippen LogP) is 4.62. The molecular formula is C18H22F2O2. The van der Waals surface area contributed by atoms with Gasteiger partial charge in [0.25, 0.3) is 0 Å². The van der Waals surface area contributed by atoms with Crippen molar-refractivity contribution in [1.29, 1.82) is 0 Å². The van der Waals surface area contributed by atoms with E-state index in [1.165, 1.54) is 31.7 Å². The average Bonchev–Trinajstić information content (AvgIpc) is 2.58. The first kappa shape index (κ1) is 15.6. The molecule has 0 atom stereocenters. The smallest absolute Gasteiger partial charge is 0.183 e. The predicted molar refractivity (Wildman–Crippen MR) is 80.1 cm³/mol. The van der Waals surface area contributed by atoms with E-state index in [1.807, 2.05) is 0 Å². The second-order valence-corrected chi connectivity index (χ2v) is 6.34. The number of halogens is 2. The van der Waals surface area contributed by atoms with Crippen LogP contribution in [-0.4, -0.2) is 13.2 Å². The van der Waals surface area contributed by atoms with E-state index in [2.05, 4.69) is 12.7 Å². The third-order valence-corrected chi connectivity index (χ3v) is 4.96. The van der Waals surface area contributed by atoms with Gasteiger partial charge in [0.2, 0.25) is 0 Å². The summed E-state index contributed by atoms with van der Waals surface area (Å²) in [4.78, 5) is 0. The van der Waals surface area contributed by atoms with E-state index in [0.717, 1.165) is 12.1 Å². The Kier molecular flexibility index (Phi) is 4.89. The van der Waals surface area contributed by atoms with Crippen LogP contribution in [0.5, 0.6) is 0 Å². The third-order valence-electron chi connectivity index (χ3n) is 4.96. The largest absolute Gasteiger partial charge is 0.348 e. The summed E-state index contributed by atoms with van der Waals surface area (Å²) >= 11 is 0. The van der Waals surface area contributed by atoms with Crippen molar-refractivity contribution in [3.63, 3.8) is 0 Å². The molecule has 2 nitrogen and oxygen atoms in total. The van der Waals surface area contributed by atoms with Crippen LogP contribution < -0.4 is 0 Å². The fraction of sp³-hybridized carbons (Fsp3) is 0.556. The number of ether oxygens (including phenoxy) is 2. The molecule has 2 fully saturated rings. The highest BCUT2D eigenvalue weighted by Crippen LogP contribution is 2.37. The van der Waals surface area contributed by atoms with E-state index >= 15 is 0 Å². The number of allylic oxidation sites excluding steroid dienone is 1. The molecule has 3 rings (SSSR count). The standard InChI is InChI=1S/C18H22F2O2/c1-2-12-3-5-13(6-4-12)15-10-21-18(22-11-15)14-7-8-16(19)17(20)9-14/h2,7-9,12-13,15,18H,1,3-6,10-11H2/t12-,13-,15?,18?. The van der Waals surface area contributed by atoms with Crippen molar-refractivity contribution in [2.75, 3.05) is 13.2 Å². The lowest BCUT2D eigenvalue weighted by atomic mass is 9.76. The Labute approximate surface area is 130 Å². The molecule has 0 radical (unpaired) electrons. The summed E-state index contributed by atoms with van der Waals surface area (Å²) in [6.07, 6.45) is 6.22. The number of hydrogen-bond donors (Lipinski definition) is 0. The molecule has 0 spiro atoms. The Bertz CT molecular complexity index is 516. The molecule has 1 saturated carbocycles. The minimum atomic E-state index is -0.866. The second-order valence-electron chi connectivity index (χ2n) is 6.34. The van der Waals surface area contributed by atoms with E-state index in [1.54, 1.807) is 0 Å². The maximum atomic E-state index is 13.3. The highest BCUT2D eigenvalue weighted by atomic mass is 19.2. The van der Waals surface area contributed by atoms with Gasteiger partial charge in [0.15, 0.2) is 17.9 Å². The van der Waals surface area contributed by atoms with E-state index in [9.17, 15) is 8.78 Å². The molecule has 0 amide bonds. The Morgan fingerprint density at radius 2 is 1.64 bits per heavy atom. The lowest BCUT2D eigenvalue weighted by Crippen LogP contribution is -2.34. The highest BCUT2D eigenvalue weighted by molar-refractivity contribution is 5.19. The molecule has 1 aliphatic carbocycles. The van der Waals surface area contributed by atoms with Gasteiger partial charge in [0, 0.05) is 11.5 Å². The number of benzene rings is 1. The normalized spacial score (nSPS) is 32.6. The van der Waals surface area contributed by atoms with Crippen LogP contribution in [0.25, 0.3) is 0 Å². The van der Waals surface area contributed by atoms with Gasteiger partial charge in [0.1, 0.15) is 0 Å². The summed E-state index contributed by atoms with van der Waals surface area (Å²) in [5.74, 6) is -0.0444. The highest BCUT2D eigenvalue weighted by Gasteiger charge is 2.32. The number of hydrogen-bond acceptors (Lipinski definition) is 2. The van der Waals surface area contributed by atoms with Crippen LogP contribution >= 0.6 is 0 Å². The summed E-state index contributed by atoms with van der Waals surface area (Å²) in [6.45, 7) is 5.11. The van der Waals surface area contributed by atoms with Crippen LogP contribution in [0.3, 0.4) is 0 Å². The van der Waals surface area contributed by atoms with Crippen LogP contribution in [0.4, 0.5) is 8.78 Å². The van der Waals surface area contributed by atoms with Crippen molar-refractivity contribution in [1.82, 2.24) is 0 Å². The van der Waals surface area contributed by atoms with Crippen molar-refractivity contribution >= 4 is 0 Å². The Morgan fingerprint density at radius 3 is 2.23 bits per heavy atom. The van der Waals surface area contributed by atoms with Crippen LogP contribution in [0.2, 0.25) is 0 Å². The van der Waals surface area contributed by atoms with E-state index in [0.29, 0.717) is 36.5 Å². The molecule has 1 saturated heterocycles. The van der Waals surface area contributed by atoms with Crippen molar-refractivity contribution in [3.05, 3.63) is 48.1 Å². The Morgan fingerprint density at radius 1 is 0.955 bits per heavy atom. The van der Waals surface area contributed by atoms with Crippen molar-refractivity contribution in [2.24, 2.45) is 17.8 Å². The SMILES string of the molecule is C=C[C@H]1CC[C@H](C2COC(c3ccc(F)c(F)c3)OC2)CC1. The third kappa shape index (κ3) is 3.39. The Balaban J connectivity index is 1.54. The zero-order valence-electron chi connectivity index (χ0n) is 12.6. The zero-order chi connectivity index (χ0) is 15.5. The summed E-state index contributed by atoms with van der Waals surface area (Å²) in [7, 11) is 0. The van der Waals surface area contributed by atoms with Gasteiger partial charge in [0.05, 0.1) is 13.2 Å². The monoisotopic (exact) mass is 308 g/mol. The first-order valence-electron chi connectivity index (χ1n) is 7.98. The minimum Gasteiger partial charge on any atom is -0.348 e. The van der Waals surface area contributed by atoms with Crippen molar-refractivity contribution in [2.45, 2.75) is 32.0 Å². The van der Waals surface area contributed by atoms with Gasteiger partial charge in [-0.2, -0.15) is 0 Å². The van der Waals surface area contributed by atoms with Gasteiger partial charge in [-0.1, -0.05) is 12.1 Å². The fourth-order valence-corrected chi connectivity index (χ4v) is 3.49. The molecule has 0 unspecified atom stereocenters. The van der Waals surface area contributed by atoms with Gasteiger partial charge >= 0.3 is 0 Å². The van der Waals surface area contributed by atoms with Crippen LogP contribution in [0, 0.1) is 29.4 Å². The van der Waals surface area contributed by atoms with Gasteiger partial charge in [-0.25, -0.2) is 8.78 Å². The number of rotatable bonds is 3. The summed E-state index contributed by atoms with van der Waals surface area (Å²) in [6, 6.07) is 3.77. The van der Waals surface area contributed by atoms with Crippen LogP contribution in [-0.2, 0) is 9.47 Å². The Hall–Kier alpha value is -1.26. The molecule has 0 N–H and O–H groups in total. The molecule has 1 aromatic carbocycles. The second kappa shape index (κ2) is 6.88. The molecule has 22 heavy (non-hydrogen) atoms. The molecule has 4 heteroatoms. The van der Waals surface area contributed by atoms with E-state index in [4.69, 9.17) is 9.47 Å². The quantitative estimate of drug-likeness (QED) is 0.759. The molecular weight excluding hydrogens is 286 g/mol. The first-order chi connectivity index (χ1) is 10.7. The van der Waals surface area contributed by atoms with Gasteiger partial charge in [-0.3, -0.25) is 0 Å². The first-order valence-corrected chi connectivity index (χ1v) is 7.98. The molecule has 0 bridgehead atoms. The molecule has 1 heterocycles. The minimum absolute atomic E-state index is 0.396.